The van der Waals surface area contributed by atoms with Crippen LogP contribution in [-0.4, -0.2) is 17.3 Å². The number of hydrogen-bond acceptors (Lipinski definition) is 2. The molecule has 15 heavy (non-hydrogen) atoms. The summed E-state index contributed by atoms with van der Waals surface area (Å²) in [6, 6.07) is 4.56. The summed E-state index contributed by atoms with van der Waals surface area (Å²) in [5.41, 5.74) is 0.757. The van der Waals surface area contributed by atoms with Gasteiger partial charge < -0.3 is 10.4 Å². The van der Waals surface area contributed by atoms with E-state index in [9.17, 15) is 9.50 Å². The first-order chi connectivity index (χ1) is 7.16. The molecule has 0 radical (unpaired) electrons. The molecule has 4 heteroatoms. The van der Waals surface area contributed by atoms with Crippen molar-refractivity contribution in [3.63, 3.8) is 0 Å². The predicted molar refractivity (Wildman–Crippen MR) is 58.7 cm³/mol. The molecule has 2 unspecified atom stereocenters. The summed E-state index contributed by atoms with van der Waals surface area (Å²) in [6.45, 7) is 0. The van der Waals surface area contributed by atoms with Gasteiger partial charge in [-0.25, -0.2) is 4.39 Å². The molecule has 2 atom stereocenters. The number of anilines is 1. The minimum atomic E-state index is -0.422. The lowest BCUT2D eigenvalue weighted by molar-refractivity contribution is 0.172. The van der Waals surface area contributed by atoms with Crippen molar-refractivity contribution < 1.29 is 9.50 Å². The summed E-state index contributed by atoms with van der Waals surface area (Å²) < 4.78 is 12.9. The highest BCUT2D eigenvalue weighted by Crippen LogP contribution is 2.25. The number of halogens is 2. The second kappa shape index (κ2) is 4.37. The van der Waals surface area contributed by atoms with E-state index in [0.717, 1.165) is 24.9 Å². The average Bonchev–Trinajstić information content (AvgIpc) is 2.59. The lowest BCUT2D eigenvalue weighted by Crippen LogP contribution is -2.27. The Hall–Kier alpha value is -0.800. The Bertz CT molecular complexity index is 358. The van der Waals surface area contributed by atoms with E-state index in [-0.39, 0.29) is 17.2 Å². The molecule has 1 fully saturated rings. The fraction of sp³-hybridized carbons (Fsp3) is 0.455. The zero-order chi connectivity index (χ0) is 10.8. The molecule has 1 aliphatic carbocycles. The third-order valence-electron chi connectivity index (χ3n) is 2.75. The molecular formula is C11H13ClFNO. The van der Waals surface area contributed by atoms with Crippen molar-refractivity contribution in [1.29, 1.82) is 0 Å². The first-order valence-corrected chi connectivity index (χ1v) is 5.44. The molecule has 0 saturated heterocycles. The SMILES string of the molecule is OC1CCCC1Nc1ccc(F)c(Cl)c1. The van der Waals surface area contributed by atoms with Crippen molar-refractivity contribution in [3.05, 3.63) is 29.0 Å². The Kier molecular flexibility index (Phi) is 3.12. The van der Waals surface area contributed by atoms with Crippen molar-refractivity contribution in [2.45, 2.75) is 31.4 Å². The summed E-state index contributed by atoms with van der Waals surface area (Å²) in [4.78, 5) is 0. The third-order valence-corrected chi connectivity index (χ3v) is 3.04. The Morgan fingerprint density at radius 1 is 1.40 bits per heavy atom. The van der Waals surface area contributed by atoms with Gasteiger partial charge in [0.2, 0.25) is 0 Å². The van der Waals surface area contributed by atoms with Crippen LogP contribution in [0.3, 0.4) is 0 Å². The molecule has 0 aliphatic heterocycles. The highest BCUT2D eigenvalue weighted by Gasteiger charge is 2.24. The van der Waals surface area contributed by atoms with Crippen molar-refractivity contribution in [1.82, 2.24) is 0 Å². The van der Waals surface area contributed by atoms with Gasteiger partial charge in [0.15, 0.2) is 0 Å². The predicted octanol–water partition coefficient (Wildman–Crippen LogP) is 2.80. The van der Waals surface area contributed by atoms with Crippen LogP contribution in [0.25, 0.3) is 0 Å². The average molecular weight is 230 g/mol. The minimum Gasteiger partial charge on any atom is -0.391 e. The zero-order valence-electron chi connectivity index (χ0n) is 8.21. The van der Waals surface area contributed by atoms with E-state index in [1.165, 1.54) is 6.07 Å². The number of benzene rings is 1. The van der Waals surface area contributed by atoms with Crippen LogP contribution in [0.4, 0.5) is 10.1 Å². The topological polar surface area (TPSA) is 32.3 Å². The van der Waals surface area contributed by atoms with Crippen molar-refractivity contribution in [2.75, 3.05) is 5.32 Å². The van der Waals surface area contributed by atoms with E-state index in [4.69, 9.17) is 11.6 Å². The molecule has 1 saturated carbocycles. The summed E-state index contributed by atoms with van der Waals surface area (Å²) in [5, 5.41) is 12.9. The van der Waals surface area contributed by atoms with Gasteiger partial charge in [0, 0.05) is 5.69 Å². The second-order valence-corrected chi connectivity index (χ2v) is 4.29. The highest BCUT2D eigenvalue weighted by atomic mass is 35.5. The lowest BCUT2D eigenvalue weighted by atomic mass is 10.2. The van der Waals surface area contributed by atoms with E-state index in [2.05, 4.69) is 5.32 Å². The van der Waals surface area contributed by atoms with Crippen molar-refractivity contribution in [3.8, 4) is 0 Å². The van der Waals surface area contributed by atoms with Gasteiger partial charge in [0.1, 0.15) is 5.82 Å². The summed E-state index contributed by atoms with van der Waals surface area (Å²) in [7, 11) is 0. The van der Waals surface area contributed by atoms with E-state index in [1.807, 2.05) is 0 Å². The molecule has 0 amide bonds. The van der Waals surface area contributed by atoms with Crippen molar-refractivity contribution >= 4 is 17.3 Å². The van der Waals surface area contributed by atoms with Crippen LogP contribution in [0.5, 0.6) is 0 Å². The Labute approximate surface area is 93.1 Å². The molecule has 0 aromatic heterocycles. The molecule has 82 valence electrons. The number of hydrogen-bond donors (Lipinski definition) is 2. The first-order valence-electron chi connectivity index (χ1n) is 5.06. The van der Waals surface area contributed by atoms with Gasteiger partial charge in [0.05, 0.1) is 17.2 Å². The molecule has 0 heterocycles. The van der Waals surface area contributed by atoms with Crippen LogP contribution < -0.4 is 5.32 Å². The maximum atomic E-state index is 12.9. The van der Waals surface area contributed by atoms with E-state index < -0.39 is 5.82 Å². The van der Waals surface area contributed by atoms with Crippen molar-refractivity contribution in [2.24, 2.45) is 0 Å². The van der Waals surface area contributed by atoms with Crippen LogP contribution >= 0.6 is 11.6 Å². The Morgan fingerprint density at radius 2 is 2.20 bits per heavy atom. The molecule has 2 N–H and O–H groups in total. The molecular weight excluding hydrogens is 217 g/mol. The van der Waals surface area contributed by atoms with Gasteiger partial charge in [-0.1, -0.05) is 11.6 Å². The van der Waals surface area contributed by atoms with Gasteiger partial charge in [-0.05, 0) is 37.5 Å². The molecule has 0 spiro atoms. The monoisotopic (exact) mass is 229 g/mol. The summed E-state index contributed by atoms with van der Waals surface area (Å²) in [6.07, 6.45) is 2.48. The minimum absolute atomic E-state index is 0.0616. The maximum Gasteiger partial charge on any atom is 0.141 e. The zero-order valence-corrected chi connectivity index (χ0v) is 8.97. The smallest absolute Gasteiger partial charge is 0.141 e. The van der Waals surface area contributed by atoms with Gasteiger partial charge in [-0.15, -0.1) is 0 Å². The largest absolute Gasteiger partial charge is 0.391 e. The molecule has 0 bridgehead atoms. The molecule has 2 nitrogen and oxygen atoms in total. The highest BCUT2D eigenvalue weighted by molar-refractivity contribution is 6.31. The molecule has 1 aromatic carbocycles. The second-order valence-electron chi connectivity index (χ2n) is 3.88. The third kappa shape index (κ3) is 2.41. The van der Waals surface area contributed by atoms with Gasteiger partial charge in [0.25, 0.3) is 0 Å². The number of rotatable bonds is 2. The fourth-order valence-electron chi connectivity index (χ4n) is 1.91. The van der Waals surface area contributed by atoms with Gasteiger partial charge in [-0.2, -0.15) is 0 Å². The van der Waals surface area contributed by atoms with Crippen LogP contribution in [-0.2, 0) is 0 Å². The van der Waals surface area contributed by atoms with E-state index in [0.29, 0.717) is 0 Å². The maximum absolute atomic E-state index is 12.9. The van der Waals surface area contributed by atoms with Crippen LogP contribution in [0.1, 0.15) is 19.3 Å². The van der Waals surface area contributed by atoms with Crippen LogP contribution in [0.15, 0.2) is 18.2 Å². The quantitative estimate of drug-likeness (QED) is 0.818. The lowest BCUT2D eigenvalue weighted by Gasteiger charge is -2.17. The summed E-state index contributed by atoms with van der Waals surface area (Å²) in [5.74, 6) is -0.422. The van der Waals surface area contributed by atoms with Crippen LogP contribution in [0, 0.1) is 5.82 Å². The molecule has 1 aromatic rings. The Balaban J connectivity index is 2.07. The Morgan fingerprint density at radius 3 is 2.80 bits per heavy atom. The number of nitrogens with one attached hydrogen (secondary N) is 1. The fourth-order valence-corrected chi connectivity index (χ4v) is 2.09. The summed E-state index contributed by atoms with van der Waals surface area (Å²) >= 11 is 5.66. The molecule has 1 aliphatic rings. The van der Waals surface area contributed by atoms with Gasteiger partial charge >= 0.3 is 0 Å². The molecule has 2 rings (SSSR count). The first kappa shape index (κ1) is 10.7. The van der Waals surface area contributed by atoms with E-state index >= 15 is 0 Å². The van der Waals surface area contributed by atoms with Crippen LogP contribution in [0.2, 0.25) is 5.02 Å². The number of aliphatic hydroxyl groups excluding tert-OH is 1. The van der Waals surface area contributed by atoms with Gasteiger partial charge in [-0.3, -0.25) is 0 Å². The van der Waals surface area contributed by atoms with E-state index in [1.54, 1.807) is 12.1 Å². The standard InChI is InChI=1S/C11H13ClFNO/c12-8-6-7(4-5-9(8)13)14-10-2-1-3-11(10)15/h4-6,10-11,14-15H,1-3H2. The normalized spacial score (nSPS) is 25.5. The number of aliphatic hydroxyl groups is 1.